The molecule has 1 aromatic carbocycles. The van der Waals surface area contributed by atoms with Gasteiger partial charge in [0.05, 0.1) is 13.2 Å². The normalized spacial score (nSPS) is 10.5. The molecule has 0 aliphatic carbocycles. The second kappa shape index (κ2) is 7.60. The van der Waals surface area contributed by atoms with Crippen LogP contribution in [0, 0.1) is 11.3 Å². The number of aromatic amines is 1. The minimum Gasteiger partial charge on any atom is -0.493 e. The number of hydrogen-bond donors (Lipinski definition) is 1. The first-order valence-electron chi connectivity index (χ1n) is 7.04. The highest BCUT2D eigenvalue weighted by atomic mass is 35.5. The van der Waals surface area contributed by atoms with E-state index in [4.69, 9.17) is 21.1 Å². The first-order valence-corrected chi connectivity index (χ1v) is 8.64. The van der Waals surface area contributed by atoms with Crippen LogP contribution in [0.1, 0.15) is 19.4 Å². The van der Waals surface area contributed by atoms with Crippen LogP contribution >= 0.6 is 23.4 Å². The molecule has 0 unspecified atom stereocenters. The standard InChI is InChI=1S/C16H16ClN3O3S/c1-8(2)23-14-10(5-9(17)6-12(14)22-3)13-11(7-18)15(21)20-16(19-13)24-4/h5-6,8H,1-4H3,(H,19,20,21). The third kappa shape index (κ3) is 3.66. The Morgan fingerprint density at radius 1 is 1.42 bits per heavy atom. The summed E-state index contributed by atoms with van der Waals surface area (Å²) < 4.78 is 11.2. The molecule has 0 atom stereocenters. The van der Waals surface area contributed by atoms with Gasteiger partial charge in [-0.2, -0.15) is 5.26 Å². The number of nitriles is 1. The minimum atomic E-state index is -0.513. The van der Waals surface area contributed by atoms with Gasteiger partial charge in [-0.05, 0) is 26.2 Å². The fourth-order valence-electron chi connectivity index (χ4n) is 2.10. The van der Waals surface area contributed by atoms with Crippen molar-refractivity contribution in [1.82, 2.24) is 9.97 Å². The van der Waals surface area contributed by atoms with Gasteiger partial charge in [-0.15, -0.1) is 0 Å². The van der Waals surface area contributed by atoms with Crippen molar-refractivity contribution in [3.63, 3.8) is 0 Å². The van der Waals surface area contributed by atoms with E-state index in [0.29, 0.717) is 27.2 Å². The number of halogens is 1. The minimum absolute atomic E-state index is 0.106. The van der Waals surface area contributed by atoms with Crippen molar-refractivity contribution in [3.05, 3.63) is 33.1 Å². The largest absolute Gasteiger partial charge is 0.493 e. The van der Waals surface area contributed by atoms with Gasteiger partial charge < -0.3 is 14.5 Å². The highest BCUT2D eigenvalue weighted by molar-refractivity contribution is 7.98. The van der Waals surface area contributed by atoms with Crippen molar-refractivity contribution >= 4 is 23.4 Å². The van der Waals surface area contributed by atoms with E-state index in [9.17, 15) is 10.1 Å². The number of H-pyrrole nitrogens is 1. The number of thioether (sulfide) groups is 1. The zero-order valence-electron chi connectivity index (χ0n) is 13.6. The Bertz CT molecular complexity index is 859. The van der Waals surface area contributed by atoms with Gasteiger partial charge in [0.1, 0.15) is 17.3 Å². The Labute approximate surface area is 148 Å². The van der Waals surface area contributed by atoms with E-state index in [1.165, 1.54) is 18.9 Å². The molecule has 0 spiro atoms. The Morgan fingerprint density at radius 3 is 2.67 bits per heavy atom. The quantitative estimate of drug-likeness (QED) is 0.644. The van der Waals surface area contributed by atoms with E-state index in [0.717, 1.165) is 0 Å². The molecule has 6 nitrogen and oxygen atoms in total. The number of rotatable bonds is 5. The van der Waals surface area contributed by atoms with Crippen molar-refractivity contribution in [2.45, 2.75) is 25.1 Å². The van der Waals surface area contributed by atoms with E-state index >= 15 is 0 Å². The molecule has 0 aliphatic rings. The summed E-state index contributed by atoms with van der Waals surface area (Å²) in [4.78, 5) is 19.1. The molecule has 0 bridgehead atoms. The molecule has 0 amide bonds. The second-order valence-electron chi connectivity index (χ2n) is 5.06. The fourth-order valence-corrected chi connectivity index (χ4v) is 2.69. The molecule has 0 saturated carbocycles. The van der Waals surface area contributed by atoms with Crippen LogP contribution < -0.4 is 15.0 Å². The van der Waals surface area contributed by atoms with Gasteiger partial charge in [-0.25, -0.2) is 4.98 Å². The SMILES string of the molecule is COc1cc(Cl)cc(-c2nc(SC)[nH]c(=O)c2C#N)c1OC(C)C. The van der Waals surface area contributed by atoms with Gasteiger partial charge in [0.15, 0.2) is 16.7 Å². The molecule has 0 radical (unpaired) electrons. The van der Waals surface area contributed by atoms with Gasteiger partial charge in [-0.3, -0.25) is 4.79 Å². The summed E-state index contributed by atoms with van der Waals surface area (Å²) in [6, 6.07) is 5.11. The summed E-state index contributed by atoms with van der Waals surface area (Å²) in [5, 5.41) is 10.1. The molecule has 0 fully saturated rings. The number of ether oxygens (including phenoxy) is 2. The van der Waals surface area contributed by atoms with Crippen molar-refractivity contribution < 1.29 is 9.47 Å². The number of benzene rings is 1. The Kier molecular flexibility index (Phi) is 5.75. The lowest BCUT2D eigenvalue weighted by Gasteiger charge is -2.18. The van der Waals surface area contributed by atoms with Crippen molar-refractivity contribution in [2.24, 2.45) is 0 Å². The summed E-state index contributed by atoms with van der Waals surface area (Å²) in [7, 11) is 1.49. The average Bonchev–Trinajstić information content (AvgIpc) is 2.54. The lowest BCUT2D eigenvalue weighted by atomic mass is 10.1. The van der Waals surface area contributed by atoms with E-state index in [1.807, 2.05) is 19.9 Å². The smallest absolute Gasteiger partial charge is 0.270 e. The molecule has 0 aliphatic heterocycles. The first kappa shape index (κ1) is 18.2. The second-order valence-corrected chi connectivity index (χ2v) is 6.29. The first-order chi connectivity index (χ1) is 11.4. The third-order valence-electron chi connectivity index (χ3n) is 3.05. The highest BCUT2D eigenvalue weighted by Crippen LogP contribution is 2.41. The lowest BCUT2D eigenvalue weighted by Crippen LogP contribution is -2.15. The number of aromatic nitrogens is 2. The van der Waals surface area contributed by atoms with Crippen LogP contribution in [0.25, 0.3) is 11.3 Å². The van der Waals surface area contributed by atoms with E-state index in [2.05, 4.69) is 9.97 Å². The molecule has 126 valence electrons. The summed E-state index contributed by atoms with van der Waals surface area (Å²) >= 11 is 7.42. The summed E-state index contributed by atoms with van der Waals surface area (Å²) in [5.41, 5.74) is 0.0278. The molecule has 0 saturated heterocycles. The van der Waals surface area contributed by atoms with Gasteiger partial charge in [0, 0.05) is 16.7 Å². The number of hydrogen-bond acceptors (Lipinski definition) is 6. The van der Waals surface area contributed by atoms with Crippen LogP contribution in [-0.2, 0) is 0 Å². The Hall–Kier alpha value is -2.17. The van der Waals surface area contributed by atoms with Gasteiger partial charge in [0.25, 0.3) is 5.56 Å². The summed E-state index contributed by atoms with van der Waals surface area (Å²) in [6.45, 7) is 3.73. The molecule has 2 rings (SSSR count). The number of methoxy groups -OCH3 is 1. The molecule has 8 heteroatoms. The monoisotopic (exact) mass is 365 g/mol. The topological polar surface area (TPSA) is 88.0 Å². The van der Waals surface area contributed by atoms with Gasteiger partial charge in [0.2, 0.25) is 0 Å². The summed E-state index contributed by atoms with van der Waals surface area (Å²) in [5.74, 6) is 0.793. The van der Waals surface area contributed by atoms with Crippen LogP contribution in [0.15, 0.2) is 22.1 Å². The van der Waals surface area contributed by atoms with Crippen molar-refractivity contribution in [1.29, 1.82) is 5.26 Å². The predicted molar refractivity (Wildman–Crippen MR) is 94.1 cm³/mol. The predicted octanol–water partition coefficient (Wildman–Crippen LogP) is 3.48. The van der Waals surface area contributed by atoms with E-state index in [1.54, 1.807) is 18.4 Å². The fraction of sp³-hybridized carbons (Fsp3) is 0.312. The maximum absolute atomic E-state index is 12.2. The van der Waals surface area contributed by atoms with Gasteiger partial charge >= 0.3 is 0 Å². The molecule has 1 N–H and O–H groups in total. The molecular formula is C16H16ClN3O3S. The van der Waals surface area contributed by atoms with Crippen LogP contribution in [0.2, 0.25) is 5.02 Å². The molecule has 24 heavy (non-hydrogen) atoms. The zero-order valence-corrected chi connectivity index (χ0v) is 15.2. The van der Waals surface area contributed by atoms with E-state index < -0.39 is 5.56 Å². The van der Waals surface area contributed by atoms with Crippen LogP contribution in [0.4, 0.5) is 0 Å². The van der Waals surface area contributed by atoms with Crippen LogP contribution in [-0.4, -0.2) is 29.4 Å². The Morgan fingerprint density at radius 2 is 2.12 bits per heavy atom. The molecular weight excluding hydrogens is 350 g/mol. The van der Waals surface area contributed by atoms with Gasteiger partial charge in [-0.1, -0.05) is 23.4 Å². The Balaban J connectivity index is 2.86. The maximum Gasteiger partial charge on any atom is 0.270 e. The van der Waals surface area contributed by atoms with E-state index in [-0.39, 0.29) is 17.4 Å². The number of nitrogens with zero attached hydrogens (tertiary/aromatic N) is 2. The van der Waals surface area contributed by atoms with Crippen LogP contribution in [0.5, 0.6) is 11.5 Å². The molecule has 1 heterocycles. The number of nitrogens with one attached hydrogen (secondary N) is 1. The molecule has 2 aromatic rings. The third-order valence-corrected chi connectivity index (χ3v) is 3.85. The van der Waals surface area contributed by atoms with Crippen LogP contribution in [0.3, 0.4) is 0 Å². The highest BCUT2D eigenvalue weighted by Gasteiger charge is 2.22. The maximum atomic E-state index is 12.2. The molecule has 1 aromatic heterocycles. The van der Waals surface area contributed by atoms with Crippen molar-refractivity contribution in [3.8, 4) is 28.8 Å². The average molecular weight is 366 g/mol. The summed E-state index contributed by atoms with van der Waals surface area (Å²) in [6.07, 6.45) is 1.63. The van der Waals surface area contributed by atoms with Crippen molar-refractivity contribution in [2.75, 3.05) is 13.4 Å². The zero-order chi connectivity index (χ0) is 17.9. The lowest BCUT2D eigenvalue weighted by molar-refractivity contribution is 0.231.